The molecule has 0 amide bonds. The van der Waals surface area contributed by atoms with E-state index in [4.69, 9.17) is 5.73 Å². The van der Waals surface area contributed by atoms with Gasteiger partial charge in [0, 0.05) is 0 Å². The maximum absolute atomic E-state index is 12.8. The summed E-state index contributed by atoms with van der Waals surface area (Å²) in [6.45, 7) is 0. The van der Waals surface area contributed by atoms with Gasteiger partial charge in [-0.15, -0.1) is 8.78 Å². The quantitative estimate of drug-likeness (QED) is 0.584. The van der Waals surface area contributed by atoms with Gasteiger partial charge in [0.05, 0.1) is 12.8 Å². The number of ether oxygens (including phenoxy) is 3. The van der Waals surface area contributed by atoms with Crippen LogP contribution in [0.15, 0.2) is 12.1 Å². The molecule has 1 heterocycles. The predicted molar refractivity (Wildman–Crippen MR) is 48.4 cm³/mol. The number of alkyl halides is 2. The molecule has 7 heteroatoms. The number of rotatable bonds is 1. The molecular formula is C9H7F2NO4. The van der Waals surface area contributed by atoms with Gasteiger partial charge in [-0.1, -0.05) is 0 Å². The zero-order valence-corrected chi connectivity index (χ0v) is 8.12. The molecule has 1 aromatic carbocycles. The molecular weight excluding hydrogens is 224 g/mol. The molecule has 0 radical (unpaired) electrons. The summed E-state index contributed by atoms with van der Waals surface area (Å²) in [7, 11) is 1.11. The van der Waals surface area contributed by atoms with E-state index in [1.165, 1.54) is 12.1 Å². The first-order chi connectivity index (χ1) is 7.44. The van der Waals surface area contributed by atoms with Gasteiger partial charge in [0.25, 0.3) is 0 Å². The highest BCUT2D eigenvalue weighted by atomic mass is 19.3. The number of carbonyl (C=O) groups excluding carboxylic acids is 1. The van der Waals surface area contributed by atoms with Crippen LogP contribution in [-0.4, -0.2) is 19.4 Å². The molecule has 1 aliphatic heterocycles. The minimum absolute atomic E-state index is 0.0214. The molecule has 0 saturated heterocycles. The number of anilines is 1. The van der Waals surface area contributed by atoms with Gasteiger partial charge < -0.3 is 19.9 Å². The molecule has 0 spiro atoms. The van der Waals surface area contributed by atoms with Crippen molar-refractivity contribution < 1.29 is 27.8 Å². The van der Waals surface area contributed by atoms with Gasteiger partial charge in [0.2, 0.25) is 0 Å². The zero-order valence-electron chi connectivity index (χ0n) is 8.12. The fourth-order valence-electron chi connectivity index (χ4n) is 1.34. The normalized spacial score (nSPS) is 15.9. The van der Waals surface area contributed by atoms with Gasteiger partial charge in [0.15, 0.2) is 11.5 Å². The fraction of sp³-hybridized carbons (Fsp3) is 0.222. The molecule has 1 aliphatic rings. The highest BCUT2D eigenvalue weighted by Crippen LogP contribution is 2.45. The number of carbonyl (C=O) groups is 1. The molecule has 0 bridgehead atoms. The molecule has 5 nitrogen and oxygen atoms in total. The number of esters is 1. The molecule has 86 valence electrons. The van der Waals surface area contributed by atoms with E-state index in [1.807, 2.05) is 0 Å². The lowest BCUT2D eigenvalue weighted by molar-refractivity contribution is -0.286. The maximum atomic E-state index is 12.8. The Kier molecular flexibility index (Phi) is 2.11. The molecule has 0 aliphatic carbocycles. The van der Waals surface area contributed by atoms with E-state index in [-0.39, 0.29) is 17.0 Å². The molecule has 16 heavy (non-hydrogen) atoms. The van der Waals surface area contributed by atoms with E-state index in [0.717, 1.165) is 7.11 Å². The van der Waals surface area contributed by atoms with Crippen molar-refractivity contribution in [3.05, 3.63) is 17.7 Å². The summed E-state index contributed by atoms with van der Waals surface area (Å²) in [4.78, 5) is 11.3. The highest BCUT2D eigenvalue weighted by Gasteiger charge is 2.46. The standard InChI is InChI=1S/C9H7F2NO4/c1-14-8(13)6-4(12)2-3-5-7(6)16-9(10,11)15-5/h2-3H,12H2,1H3. The largest absolute Gasteiger partial charge is 0.586 e. The topological polar surface area (TPSA) is 70.8 Å². The summed E-state index contributed by atoms with van der Waals surface area (Å²) >= 11 is 0. The van der Waals surface area contributed by atoms with Crippen molar-refractivity contribution in [2.24, 2.45) is 0 Å². The lowest BCUT2D eigenvalue weighted by atomic mass is 10.1. The zero-order chi connectivity index (χ0) is 11.9. The van der Waals surface area contributed by atoms with Crippen molar-refractivity contribution >= 4 is 11.7 Å². The van der Waals surface area contributed by atoms with Crippen LogP contribution in [0.3, 0.4) is 0 Å². The molecule has 1 aromatic rings. The fourth-order valence-corrected chi connectivity index (χ4v) is 1.34. The Balaban J connectivity index is 2.55. The van der Waals surface area contributed by atoms with Gasteiger partial charge in [-0.3, -0.25) is 0 Å². The number of fused-ring (bicyclic) bond motifs is 1. The SMILES string of the molecule is COC(=O)c1c(N)ccc2c1OC(F)(F)O2. The van der Waals surface area contributed by atoms with Crippen LogP contribution in [0.5, 0.6) is 11.5 Å². The average molecular weight is 231 g/mol. The van der Waals surface area contributed by atoms with Crippen LogP contribution in [0, 0.1) is 0 Å². The van der Waals surface area contributed by atoms with Crippen molar-refractivity contribution in [1.82, 2.24) is 0 Å². The first-order valence-electron chi connectivity index (χ1n) is 4.21. The Hall–Kier alpha value is -2.05. The number of hydrogen-bond donors (Lipinski definition) is 1. The third-order valence-electron chi connectivity index (χ3n) is 1.99. The Morgan fingerprint density at radius 2 is 2.12 bits per heavy atom. The predicted octanol–water partition coefficient (Wildman–Crippen LogP) is 1.38. The lowest BCUT2D eigenvalue weighted by Gasteiger charge is -2.07. The van der Waals surface area contributed by atoms with Gasteiger partial charge in [-0.2, -0.15) is 0 Å². The number of nitrogens with two attached hydrogens (primary N) is 1. The summed E-state index contributed by atoms with van der Waals surface area (Å²) in [5, 5.41) is 0. The van der Waals surface area contributed by atoms with Gasteiger partial charge in [0.1, 0.15) is 5.56 Å². The van der Waals surface area contributed by atoms with E-state index in [1.54, 1.807) is 0 Å². The Morgan fingerprint density at radius 1 is 1.44 bits per heavy atom. The monoisotopic (exact) mass is 231 g/mol. The van der Waals surface area contributed by atoms with Crippen molar-refractivity contribution in [3.8, 4) is 11.5 Å². The smallest absolute Gasteiger partial charge is 0.465 e. The Morgan fingerprint density at radius 3 is 2.75 bits per heavy atom. The van der Waals surface area contributed by atoms with Crippen molar-refractivity contribution in [2.45, 2.75) is 6.29 Å². The Labute approximate surface area is 88.7 Å². The van der Waals surface area contributed by atoms with Gasteiger partial charge in [-0.05, 0) is 12.1 Å². The first-order valence-corrected chi connectivity index (χ1v) is 4.21. The summed E-state index contributed by atoms with van der Waals surface area (Å²) in [5.74, 6) is -1.52. The van der Waals surface area contributed by atoms with Gasteiger partial charge >= 0.3 is 12.3 Å². The van der Waals surface area contributed by atoms with Crippen LogP contribution in [0.25, 0.3) is 0 Å². The van der Waals surface area contributed by atoms with Crippen molar-refractivity contribution in [2.75, 3.05) is 12.8 Å². The molecule has 2 N–H and O–H groups in total. The van der Waals surface area contributed by atoms with Crippen LogP contribution in [-0.2, 0) is 4.74 Å². The van der Waals surface area contributed by atoms with Gasteiger partial charge in [-0.25, -0.2) is 4.79 Å². The summed E-state index contributed by atoms with van der Waals surface area (Å²) in [6.07, 6.45) is -3.79. The number of halogens is 2. The van der Waals surface area contributed by atoms with Crippen LogP contribution in [0.2, 0.25) is 0 Å². The van der Waals surface area contributed by atoms with E-state index in [9.17, 15) is 13.6 Å². The van der Waals surface area contributed by atoms with E-state index < -0.39 is 18.0 Å². The second kappa shape index (κ2) is 3.22. The second-order valence-corrected chi connectivity index (χ2v) is 3.02. The number of nitrogen functional groups attached to an aromatic ring is 1. The molecule has 0 aromatic heterocycles. The molecule has 0 fully saturated rings. The third kappa shape index (κ3) is 1.50. The molecule has 0 atom stereocenters. The number of hydrogen-bond acceptors (Lipinski definition) is 5. The van der Waals surface area contributed by atoms with Crippen LogP contribution in [0.1, 0.15) is 10.4 Å². The maximum Gasteiger partial charge on any atom is 0.586 e. The summed E-state index contributed by atoms with van der Waals surface area (Å²) in [5.41, 5.74) is 5.19. The number of methoxy groups -OCH3 is 1. The third-order valence-corrected chi connectivity index (χ3v) is 1.99. The van der Waals surface area contributed by atoms with Crippen LogP contribution in [0.4, 0.5) is 14.5 Å². The minimum Gasteiger partial charge on any atom is -0.465 e. The van der Waals surface area contributed by atoms with Crippen molar-refractivity contribution in [1.29, 1.82) is 0 Å². The number of benzene rings is 1. The molecule has 0 saturated carbocycles. The average Bonchev–Trinajstić information content (AvgIpc) is 2.51. The molecule has 2 rings (SSSR count). The van der Waals surface area contributed by atoms with E-state index >= 15 is 0 Å². The summed E-state index contributed by atoms with van der Waals surface area (Å²) in [6, 6.07) is 2.45. The van der Waals surface area contributed by atoms with Crippen molar-refractivity contribution in [3.63, 3.8) is 0 Å². The highest BCUT2D eigenvalue weighted by molar-refractivity contribution is 5.99. The van der Waals surface area contributed by atoms with E-state index in [0.29, 0.717) is 0 Å². The first kappa shape index (κ1) is 10.5. The minimum atomic E-state index is -3.79. The molecule has 0 unspecified atom stereocenters. The lowest BCUT2D eigenvalue weighted by Crippen LogP contribution is -2.26. The summed E-state index contributed by atoms with van der Waals surface area (Å²) < 4.78 is 38.3. The Bertz CT molecular complexity index is 461. The van der Waals surface area contributed by atoms with E-state index in [2.05, 4.69) is 14.2 Å². The second-order valence-electron chi connectivity index (χ2n) is 3.02. The van der Waals surface area contributed by atoms with Crippen LogP contribution >= 0.6 is 0 Å². The van der Waals surface area contributed by atoms with Crippen LogP contribution < -0.4 is 15.2 Å².